The van der Waals surface area contributed by atoms with Gasteiger partial charge in [0.2, 0.25) is 11.8 Å². The molecule has 0 spiro atoms. The first-order valence-corrected chi connectivity index (χ1v) is 9.45. The summed E-state index contributed by atoms with van der Waals surface area (Å²) in [7, 11) is 1.61. The van der Waals surface area contributed by atoms with Crippen LogP contribution in [0.25, 0.3) is 0 Å². The van der Waals surface area contributed by atoms with Gasteiger partial charge in [-0.15, -0.1) is 0 Å². The summed E-state index contributed by atoms with van der Waals surface area (Å²) < 4.78 is 5.16. The molecule has 1 aliphatic rings. The van der Waals surface area contributed by atoms with Crippen molar-refractivity contribution in [3.63, 3.8) is 0 Å². The van der Waals surface area contributed by atoms with E-state index in [0.29, 0.717) is 19.6 Å². The van der Waals surface area contributed by atoms with Gasteiger partial charge >= 0.3 is 0 Å². The molecule has 6 heteroatoms. The monoisotopic (exact) mass is 382 g/mol. The van der Waals surface area contributed by atoms with Crippen molar-refractivity contribution in [3.05, 3.63) is 65.7 Å². The zero-order valence-corrected chi connectivity index (χ0v) is 16.1. The molecule has 1 heterocycles. The largest absolute Gasteiger partial charge is 0.497 e. The fraction of sp³-hybridized carbons (Fsp3) is 0.364. The molecule has 0 aliphatic carbocycles. The van der Waals surface area contributed by atoms with Gasteiger partial charge in [-0.25, -0.2) is 0 Å². The van der Waals surface area contributed by atoms with Gasteiger partial charge < -0.3 is 19.6 Å². The minimum Gasteiger partial charge on any atom is -0.497 e. The molecule has 0 bridgehead atoms. The molecule has 1 N–H and O–H groups in total. The van der Waals surface area contributed by atoms with Crippen LogP contribution in [0.4, 0.5) is 0 Å². The molecule has 0 aromatic heterocycles. The van der Waals surface area contributed by atoms with Gasteiger partial charge in [-0.2, -0.15) is 0 Å². The fourth-order valence-electron chi connectivity index (χ4n) is 3.49. The Hall–Kier alpha value is -2.86. The van der Waals surface area contributed by atoms with Gasteiger partial charge in [0, 0.05) is 32.6 Å². The summed E-state index contributed by atoms with van der Waals surface area (Å²) in [6, 6.07) is 17.3. The highest BCUT2D eigenvalue weighted by molar-refractivity contribution is 5.89. The van der Waals surface area contributed by atoms with Crippen LogP contribution in [0, 0.1) is 5.92 Å². The number of methoxy groups -OCH3 is 1. The van der Waals surface area contributed by atoms with E-state index in [-0.39, 0.29) is 37.3 Å². The first-order valence-electron chi connectivity index (χ1n) is 9.45. The zero-order chi connectivity index (χ0) is 19.9. The highest BCUT2D eigenvalue weighted by Gasteiger charge is 2.36. The number of hydrogen-bond donors (Lipinski definition) is 1. The van der Waals surface area contributed by atoms with Crippen LogP contribution < -0.4 is 4.74 Å². The Morgan fingerprint density at radius 1 is 1.14 bits per heavy atom. The van der Waals surface area contributed by atoms with E-state index < -0.39 is 0 Å². The summed E-state index contributed by atoms with van der Waals surface area (Å²) in [5.41, 5.74) is 2.00. The van der Waals surface area contributed by atoms with Crippen molar-refractivity contribution in [2.24, 2.45) is 5.92 Å². The molecule has 2 aromatic carbocycles. The molecule has 3 rings (SSSR count). The highest BCUT2D eigenvalue weighted by atomic mass is 16.5. The Balaban J connectivity index is 1.63. The van der Waals surface area contributed by atoms with E-state index >= 15 is 0 Å². The van der Waals surface area contributed by atoms with E-state index in [2.05, 4.69) is 0 Å². The van der Waals surface area contributed by atoms with Crippen LogP contribution >= 0.6 is 0 Å². The van der Waals surface area contributed by atoms with Crippen molar-refractivity contribution in [3.8, 4) is 5.75 Å². The van der Waals surface area contributed by atoms with Gasteiger partial charge in [0.25, 0.3) is 0 Å². The van der Waals surface area contributed by atoms with E-state index in [1.165, 1.54) is 0 Å². The standard InChI is InChI=1S/C22H26N2O4/c1-28-20-9-7-18(8-10-20)15-24-16-19(13-21(24)26)22(27)23(11-12-25)14-17-5-3-2-4-6-17/h2-10,19,25H,11-16H2,1H3. The van der Waals surface area contributed by atoms with Crippen molar-refractivity contribution < 1.29 is 19.4 Å². The Kier molecular flexibility index (Phi) is 6.66. The van der Waals surface area contributed by atoms with E-state index in [9.17, 15) is 14.7 Å². The maximum absolute atomic E-state index is 13.0. The number of carbonyl (C=O) groups is 2. The molecule has 6 nitrogen and oxygen atoms in total. The minimum absolute atomic E-state index is 0.0159. The molecule has 0 saturated carbocycles. The summed E-state index contributed by atoms with van der Waals surface area (Å²) in [5, 5.41) is 9.37. The van der Waals surface area contributed by atoms with Crippen LogP contribution in [-0.2, 0) is 22.7 Å². The molecule has 1 aliphatic heterocycles. The molecule has 2 amide bonds. The second-order valence-electron chi connectivity index (χ2n) is 6.99. The first-order chi connectivity index (χ1) is 13.6. The van der Waals surface area contributed by atoms with Gasteiger partial charge in [-0.05, 0) is 23.3 Å². The Labute approximate surface area is 165 Å². The van der Waals surface area contributed by atoms with Crippen molar-refractivity contribution >= 4 is 11.8 Å². The lowest BCUT2D eigenvalue weighted by molar-refractivity contribution is -0.137. The highest BCUT2D eigenvalue weighted by Crippen LogP contribution is 2.23. The van der Waals surface area contributed by atoms with Crippen LogP contribution in [-0.4, -0.2) is 53.5 Å². The normalized spacial score (nSPS) is 16.3. The lowest BCUT2D eigenvalue weighted by Crippen LogP contribution is -2.38. The number of benzene rings is 2. The average molecular weight is 382 g/mol. The number of aliphatic hydroxyl groups is 1. The number of aliphatic hydroxyl groups excluding tert-OH is 1. The molecule has 2 aromatic rings. The van der Waals surface area contributed by atoms with Crippen LogP contribution in [0.3, 0.4) is 0 Å². The average Bonchev–Trinajstić information content (AvgIpc) is 3.09. The molecule has 1 fully saturated rings. The molecule has 1 atom stereocenters. The van der Waals surface area contributed by atoms with E-state index in [0.717, 1.165) is 16.9 Å². The summed E-state index contributed by atoms with van der Waals surface area (Å²) in [6.45, 7) is 1.47. The topological polar surface area (TPSA) is 70.1 Å². The third-order valence-corrected chi connectivity index (χ3v) is 4.99. The van der Waals surface area contributed by atoms with Crippen LogP contribution in [0.2, 0.25) is 0 Å². The lowest BCUT2D eigenvalue weighted by Gasteiger charge is -2.25. The number of hydrogen-bond acceptors (Lipinski definition) is 4. The van der Waals surface area contributed by atoms with Gasteiger partial charge in [0.15, 0.2) is 0 Å². The second-order valence-corrected chi connectivity index (χ2v) is 6.99. The molecule has 1 saturated heterocycles. The molecule has 1 unspecified atom stereocenters. The Morgan fingerprint density at radius 3 is 2.50 bits per heavy atom. The molecule has 28 heavy (non-hydrogen) atoms. The van der Waals surface area contributed by atoms with Crippen molar-refractivity contribution in [2.45, 2.75) is 19.5 Å². The van der Waals surface area contributed by atoms with Crippen molar-refractivity contribution in [1.82, 2.24) is 9.80 Å². The predicted molar refractivity (Wildman–Crippen MR) is 105 cm³/mol. The molecule has 148 valence electrons. The molecular formula is C22H26N2O4. The number of rotatable bonds is 8. The summed E-state index contributed by atoms with van der Waals surface area (Å²) in [5.74, 6) is 0.299. The molecular weight excluding hydrogens is 356 g/mol. The van der Waals surface area contributed by atoms with Crippen LogP contribution in [0.1, 0.15) is 17.5 Å². The summed E-state index contributed by atoms with van der Waals surface area (Å²) in [6.07, 6.45) is 0.214. The Bertz CT molecular complexity index is 792. The number of ether oxygens (including phenoxy) is 1. The van der Waals surface area contributed by atoms with Gasteiger partial charge in [0.05, 0.1) is 19.6 Å². The van der Waals surface area contributed by atoms with Gasteiger partial charge in [-0.1, -0.05) is 42.5 Å². The first kappa shape index (κ1) is 19.9. The predicted octanol–water partition coefficient (Wildman–Crippen LogP) is 2.06. The third kappa shape index (κ3) is 4.89. The maximum Gasteiger partial charge on any atom is 0.228 e. The Morgan fingerprint density at radius 2 is 1.86 bits per heavy atom. The smallest absolute Gasteiger partial charge is 0.228 e. The summed E-state index contributed by atoms with van der Waals surface area (Å²) >= 11 is 0. The third-order valence-electron chi connectivity index (χ3n) is 4.99. The number of amides is 2. The zero-order valence-electron chi connectivity index (χ0n) is 16.1. The van der Waals surface area contributed by atoms with E-state index in [1.54, 1.807) is 16.9 Å². The minimum atomic E-state index is -0.374. The number of likely N-dealkylation sites (tertiary alicyclic amines) is 1. The van der Waals surface area contributed by atoms with E-state index in [1.807, 2.05) is 54.6 Å². The van der Waals surface area contributed by atoms with E-state index in [4.69, 9.17) is 4.74 Å². The summed E-state index contributed by atoms with van der Waals surface area (Å²) in [4.78, 5) is 28.8. The maximum atomic E-state index is 13.0. The SMILES string of the molecule is COc1ccc(CN2CC(C(=O)N(CCO)Cc3ccccc3)CC2=O)cc1. The van der Waals surface area contributed by atoms with Gasteiger partial charge in [0.1, 0.15) is 5.75 Å². The van der Waals surface area contributed by atoms with Crippen LogP contribution in [0.15, 0.2) is 54.6 Å². The van der Waals surface area contributed by atoms with Crippen molar-refractivity contribution in [2.75, 3.05) is 26.8 Å². The number of carbonyl (C=O) groups excluding carboxylic acids is 2. The van der Waals surface area contributed by atoms with Gasteiger partial charge in [-0.3, -0.25) is 9.59 Å². The lowest BCUT2D eigenvalue weighted by atomic mass is 10.1. The fourth-order valence-corrected chi connectivity index (χ4v) is 3.49. The number of nitrogens with zero attached hydrogens (tertiary/aromatic N) is 2. The van der Waals surface area contributed by atoms with Crippen molar-refractivity contribution in [1.29, 1.82) is 0 Å². The van der Waals surface area contributed by atoms with Crippen LogP contribution in [0.5, 0.6) is 5.75 Å². The second kappa shape index (κ2) is 9.37. The quantitative estimate of drug-likeness (QED) is 0.759. The molecule has 0 radical (unpaired) electrons.